The molecule has 5 nitrogen and oxygen atoms in total. The SMILES string of the molecule is Cc1ccc(C(=O)NCc2nnc3n2CCCCC3)cc1C. The van der Waals surface area contributed by atoms with Crippen LogP contribution in [0.4, 0.5) is 0 Å². The first-order chi connectivity index (χ1) is 10.6. The van der Waals surface area contributed by atoms with E-state index in [1.54, 1.807) is 0 Å². The highest BCUT2D eigenvalue weighted by Gasteiger charge is 2.15. The molecule has 1 aromatic carbocycles. The Balaban J connectivity index is 1.68. The summed E-state index contributed by atoms with van der Waals surface area (Å²) in [4.78, 5) is 12.3. The van der Waals surface area contributed by atoms with Gasteiger partial charge in [0.05, 0.1) is 6.54 Å². The van der Waals surface area contributed by atoms with Crippen molar-refractivity contribution in [3.8, 4) is 0 Å². The molecular formula is C17H22N4O. The summed E-state index contributed by atoms with van der Waals surface area (Å²) in [6.45, 7) is 5.45. The zero-order valence-corrected chi connectivity index (χ0v) is 13.2. The fourth-order valence-corrected chi connectivity index (χ4v) is 2.82. The van der Waals surface area contributed by atoms with E-state index in [9.17, 15) is 4.79 Å². The van der Waals surface area contributed by atoms with Crippen LogP contribution in [0.2, 0.25) is 0 Å². The number of carbonyl (C=O) groups is 1. The van der Waals surface area contributed by atoms with Crippen molar-refractivity contribution >= 4 is 5.91 Å². The number of hydrogen-bond acceptors (Lipinski definition) is 3. The monoisotopic (exact) mass is 298 g/mol. The van der Waals surface area contributed by atoms with Gasteiger partial charge in [-0.25, -0.2) is 0 Å². The highest BCUT2D eigenvalue weighted by Crippen LogP contribution is 2.14. The third-order valence-corrected chi connectivity index (χ3v) is 4.36. The molecule has 0 unspecified atom stereocenters. The summed E-state index contributed by atoms with van der Waals surface area (Å²) in [6, 6.07) is 5.77. The van der Waals surface area contributed by atoms with Crippen molar-refractivity contribution in [3.05, 3.63) is 46.5 Å². The number of amides is 1. The van der Waals surface area contributed by atoms with Gasteiger partial charge in [-0.15, -0.1) is 10.2 Å². The van der Waals surface area contributed by atoms with Crippen LogP contribution in [-0.2, 0) is 19.5 Å². The molecule has 1 aromatic heterocycles. The van der Waals surface area contributed by atoms with Gasteiger partial charge in [-0.3, -0.25) is 4.79 Å². The minimum Gasteiger partial charge on any atom is -0.345 e. The van der Waals surface area contributed by atoms with Crippen LogP contribution in [0.1, 0.15) is 52.4 Å². The van der Waals surface area contributed by atoms with Gasteiger partial charge in [0.1, 0.15) is 5.82 Å². The Morgan fingerprint density at radius 3 is 2.86 bits per heavy atom. The topological polar surface area (TPSA) is 59.8 Å². The molecule has 1 amide bonds. The van der Waals surface area contributed by atoms with Crippen LogP contribution in [0, 0.1) is 13.8 Å². The summed E-state index contributed by atoms with van der Waals surface area (Å²) in [6.07, 6.45) is 4.55. The Morgan fingerprint density at radius 1 is 1.18 bits per heavy atom. The Kier molecular flexibility index (Phi) is 4.22. The summed E-state index contributed by atoms with van der Waals surface area (Å²) in [5, 5.41) is 11.4. The average molecular weight is 298 g/mol. The van der Waals surface area contributed by atoms with Crippen molar-refractivity contribution in [1.29, 1.82) is 0 Å². The van der Waals surface area contributed by atoms with Crippen LogP contribution in [0.25, 0.3) is 0 Å². The molecule has 1 aliphatic rings. The molecule has 0 bridgehead atoms. The zero-order chi connectivity index (χ0) is 15.5. The van der Waals surface area contributed by atoms with E-state index in [-0.39, 0.29) is 5.91 Å². The second-order valence-electron chi connectivity index (χ2n) is 5.98. The van der Waals surface area contributed by atoms with Crippen molar-refractivity contribution in [3.63, 3.8) is 0 Å². The van der Waals surface area contributed by atoms with Gasteiger partial charge in [0.25, 0.3) is 5.91 Å². The lowest BCUT2D eigenvalue weighted by atomic mass is 10.1. The van der Waals surface area contributed by atoms with E-state index in [0.717, 1.165) is 36.6 Å². The average Bonchev–Trinajstić information content (AvgIpc) is 2.74. The molecule has 1 N–H and O–H groups in total. The highest BCUT2D eigenvalue weighted by molar-refractivity contribution is 5.94. The molecule has 0 saturated heterocycles. The molecule has 0 atom stereocenters. The van der Waals surface area contributed by atoms with E-state index >= 15 is 0 Å². The molecule has 0 fully saturated rings. The normalized spacial score (nSPS) is 14.3. The summed E-state index contributed by atoms with van der Waals surface area (Å²) in [5.74, 6) is 1.84. The van der Waals surface area contributed by atoms with Gasteiger partial charge < -0.3 is 9.88 Å². The Labute approximate surface area is 130 Å². The molecule has 0 radical (unpaired) electrons. The number of hydrogen-bond donors (Lipinski definition) is 1. The van der Waals surface area contributed by atoms with Crippen LogP contribution in [0.3, 0.4) is 0 Å². The fourth-order valence-electron chi connectivity index (χ4n) is 2.82. The number of nitrogens with one attached hydrogen (secondary N) is 1. The smallest absolute Gasteiger partial charge is 0.251 e. The van der Waals surface area contributed by atoms with Crippen molar-refractivity contribution in [1.82, 2.24) is 20.1 Å². The molecule has 0 saturated carbocycles. The van der Waals surface area contributed by atoms with Crippen LogP contribution in [-0.4, -0.2) is 20.7 Å². The molecule has 22 heavy (non-hydrogen) atoms. The number of rotatable bonds is 3. The third-order valence-electron chi connectivity index (χ3n) is 4.36. The van der Waals surface area contributed by atoms with Gasteiger partial charge in [0, 0.05) is 18.5 Å². The number of carbonyl (C=O) groups excluding carboxylic acids is 1. The first kappa shape index (κ1) is 14.8. The van der Waals surface area contributed by atoms with E-state index < -0.39 is 0 Å². The van der Waals surface area contributed by atoms with Gasteiger partial charge in [-0.05, 0) is 49.9 Å². The molecule has 3 rings (SSSR count). The maximum atomic E-state index is 12.3. The minimum absolute atomic E-state index is 0.0610. The van der Waals surface area contributed by atoms with Crippen LogP contribution < -0.4 is 5.32 Å². The van der Waals surface area contributed by atoms with Crippen LogP contribution in [0.15, 0.2) is 18.2 Å². The first-order valence-corrected chi connectivity index (χ1v) is 7.91. The van der Waals surface area contributed by atoms with Gasteiger partial charge in [-0.1, -0.05) is 12.5 Å². The summed E-state index contributed by atoms with van der Waals surface area (Å²) in [7, 11) is 0. The predicted octanol–water partition coefficient (Wildman–Crippen LogP) is 2.55. The number of nitrogens with zero attached hydrogens (tertiary/aromatic N) is 3. The summed E-state index contributed by atoms with van der Waals surface area (Å²) < 4.78 is 2.16. The molecule has 1 aliphatic heterocycles. The largest absolute Gasteiger partial charge is 0.345 e. The van der Waals surface area contributed by atoms with E-state index in [1.165, 1.54) is 18.4 Å². The predicted molar refractivity (Wildman–Crippen MR) is 84.7 cm³/mol. The lowest BCUT2D eigenvalue weighted by Crippen LogP contribution is -2.25. The van der Waals surface area contributed by atoms with Crippen LogP contribution >= 0.6 is 0 Å². The van der Waals surface area contributed by atoms with Crippen molar-refractivity contribution in [2.24, 2.45) is 0 Å². The minimum atomic E-state index is -0.0610. The zero-order valence-electron chi connectivity index (χ0n) is 13.2. The van der Waals surface area contributed by atoms with E-state index in [0.29, 0.717) is 12.1 Å². The summed E-state index contributed by atoms with van der Waals surface area (Å²) in [5.41, 5.74) is 3.02. The first-order valence-electron chi connectivity index (χ1n) is 7.91. The number of fused-ring (bicyclic) bond motifs is 1. The molecule has 116 valence electrons. The molecule has 0 spiro atoms. The number of benzene rings is 1. The fraction of sp³-hybridized carbons (Fsp3) is 0.471. The molecular weight excluding hydrogens is 276 g/mol. The van der Waals surface area contributed by atoms with Gasteiger partial charge in [0.15, 0.2) is 5.82 Å². The Bertz CT molecular complexity index is 690. The molecule has 2 aromatic rings. The maximum Gasteiger partial charge on any atom is 0.251 e. The lowest BCUT2D eigenvalue weighted by molar-refractivity contribution is 0.0949. The van der Waals surface area contributed by atoms with E-state index in [4.69, 9.17) is 0 Å². The van der Waals surface area contributed by atoms with Gasteiger partial charge in [-0.2, -0.15) is 0 Å². The molecule has 5 heteroatoms. The number of aromatic nitrogens is 3. The standard InChI is InChI=1S/C17H22N4O/c1-12-7-8-14(10-13(12)2)17(22)18-11-16-20-19-15-6-4-3-5-9-21(15)16/h7-8,10H,3-6,9,11H2,1-2H3,(H,18,22). The highest BCUT2D eigenvalue weighted by atomic mass is 16.1. The maximum absolute atomic E-state index is 12.3. The van der Waals surface area contributed by atoms with Crippen molar-refractivity contribution in [2.75, 3.05) is 0 Å². The second kappa shape index (κ2) is 6.30. The summed E-state index contributed by atoms with van der Waals surface area (Å²) >= 11 is 0. The quantitative estimate of drug-likeness (QED) is 0.947. The Hall–Kier alpha value is -2.17. The lowest BCUT2D eigenvalue weighted by Gasteiger charge is -2.09. The Morgan fingerprint density at radius 2 is 2.05 bits per heavy atom. The second-order valence-corrected chi connectivity index (χ2v) is 5.98. The van der Waals surface area contributed by atoms with Crippen molar-refractivity contribution in [2.45, 2.75) is 52.6 Å². The molecule has 2 heterocycles. The van der Waals surface area contributed by atoms with E-state index in [1.807, 2.05) is 32.0 Å². The van der Waals surface area contributed by atoms with Gasteiger partial charge >= 0.3 is 0 Å². The number of aryl methyl sites for hydroxylation is 3. The van der Waals surface area contributed by atoms with Gasteiger partial charge in [0.2, 0.25) is 0 Å². The van der Waals surface area contributed by atoms with E-state index in [2.05, 4.69) is 20.1 Å². The van der Waals surface area contributed by atoms with Crippen LogP contribution in [0.5, 0.6) is 0 Å². The van der Waals surface area contributed by atoms with Crippen molar-refractivity contribution < 1.29 is 4.79 Å². The molecule has 0 aliphatic carbocycles. The third kappa shape index (κ3) is 3.03.